The summed E-state index contributed by atoms with van der Waals surface area (Å²) in [4.78, 5) is 21.7. The van der Waals surface area contributed by atoms with Crippen LogP contribution in [0.5, 0.6) is 0 Å². The molecule has 5 rings (SSSR count). The third kappa shape index (κ3) is 4.40. The summed E-state index contributed by atoms with van der Waals surface area (Å²) >= 11 is 0. The molecule has 33 heavy (non-hydrogen) atoms. The summed E-state index contributed by atoms with van der Waals surface area (Å²) in [5.41, 5.74) is 2.72. The van der Waals surface area contributed by atoms with Crippen LogP contribution in [0.3, 0.4) is 0 Å². The maximum Gasteiger partial charge on any atom is 0.256 e. The molecule has 2 aromatic carbocycles. The lowest BCUT2D eigenvalue weighted by Gasteiger charge is -2.34. The number of carbonyl (C=O) groups excluding carboxylic acids is 1. The van der Waals surface area contributed by atoms with Gasteiger partial charge in [-0.2, -0.15) is 5.10 Å². The van der Waals surface area contributed by atoms with Gasteiger partial charge in [0.05, 0.1) is 11.1 Å². The minimum Gasteiger partial charge on any atom is -0.369 e. The van der Waals surface area contributed by atoms with Crippen LogP contribution in [0.25, 0.3) is 22.3 Å². The van der Waals surface area contributed by atoms with Crippen LogP contribution < -0.4 is 10.2 Å². The lowest BCUT2D eigenvalue weighted by atomic mass is 10.1. The topological polar surface area (TPSA) is 77.1 Å². The molecule has 0 unspecified atom stereocenters. The number of benzene rings is 2. The zero-order valence-electron chi connectivity index (χ0n) is 18.0. The van der Waals surface area contributed by atoms with E-state index in [1.807, 2.05) is 12.1 Å². The second kappa shape index (κ2) is 8.59. The normalized spacial score (nSPS) is 14.6. The van der Waals surface area contributed by atoms with E-state index in [1.165, 1.54) is 12.1 Å². The number of amides is 1. The minimum absolute atomic E-state index is 0.287. The van der Waals surface area contributed by atoms with Gasteiger partial charge in [0.1, 0.15) is 11.6 Å². The van der Waals surface area contributed by atoms with E-state index < -0.39 is 11.6 Å². The third-order valence-corrected chi connectivity index (χ3v) is 5.81. The van der Waals surface area contributed by atoms with E-state index in [9.17, 15) is 13.6 Å². The first-order chi connectivity index (χ1) is 16.0. The van der Waals surface area contributed by atoms with Crippen molar-refractivity contribution in [3.63, 3.8) is 0 Å². The number of nitrogens with one attached hydrogen (secondary N) is 2. The zero-order valence-corrected chi connectivity index (χ0v) is 18.0. The number of carbonyl (C=O) groups is 1. The van der Waals surface area contributed by atoms with E-state index >= 15 is 0 Å². The Balaban J connectivity index is 1.32. The molecule has 7 nitrogen and oxygen atoms in total. The van der Waals surface area contributed by atoms with Gasteiger partial charge in [-0.3, -0.25) is 9.89 Å². The van der Waals surface area contributed by atoms with Gasteiger partial charge >= 0.3 is 0 Å². The summed E-state index contributed by atoms with van der Waals surface area (Å²) in [7, 11) is 2.11. The van der Waals surface area contributed by atoms with Gasteiger partial charge in [0.15, 0.2) is 11.5 Å². The number of rotatable bonds is 4. The number of likely N-dealkylation sites (N-methyl/N-ethyl adjacent to an activating group) is 1. The van der Waals surface area contributed by atoms with Crippen LogP contribution >= 0.6 is 0 Å². The Bertz CT molecular complexity index is 1290. The SMILES string of the molecule is CN1CCN(c2ccc(C(=O)Nc3n[nH]c4nc(-c5cc(F)cc(F)c5)ccc34)cc2)CC1. The highest BCUT2D eigenvalue weighted by Gasteiger charge is 2.16. The van der Waals surface area contributed by atoms with Crippen LogP contribution in [0.4, 0.5) is 20.3 Å². The first kappa shape index (κ1) is 21.0. The Morgan fingerprint density at radius 3 is 2.36 bits per heavy atom. The maximum absolute atomic E-state index is 13.5. The standard InChI is InChI=1S/C24H22F2N6O/c1-31-8-10-32(11-9-31)19-4-2-15(3-5-19)24(33)28-23-20-6-7-21(27-22(20)29-30-23)16-12-17(25)14-18(26)13-16/h2-7,12-14H,8-11H2,1H3,(H2,27,28,29,30,33). The largest absolute Gasteiger partial charge is 0.369 e. The van der Waals surface area contributed by atoms with Crippen molar-refractivity contribution in [1.82, 2.24) is 20.1 Å². The van der Waals surface area contributed by atoms with Gasteiger partial charge in [-0.25, -0.2) is 13.8 Å². The Kier molecular flexibility index (Phi) is 5.47. The molecule has 0 spiro atoms. The van der Waals surface area contributed by atoms with Gasteiger partial charge in [-0.15, -0.1) is 0 Å². The van der Waals surface area contributed by atoms with Crippen molar-refractivity contribution in [3.05, 3.63) is 71.8 Å². The molecule has 168 valence electrons. The number of hydrogen-bond acceptors (Lipinski definition) is 5. The maximum atomic E-state index is 13.5. The Morgan fingerprint density at radius 2 is 1.67 bits per heavy atom. The minimum atomic E-state index is -0.678. The molecular weight excluding hydrogens is 426 g/mol. The second-order valence-electron chi connectivity index (χ2n) is 8.11. The van der Waals surface area contributed by atoms with Crippen LogP contribution in [0.1, 0.15) is 10.4 Å². The number of aromatic amines is 1. The molecule has 9 heteroatoms. The second-order valence-corrected chi connectivity index (χ2v) is 8.11. The molecule has 1 fully saturated rings. The smallest absolute Gasteiger partial charge is 0.256 e. The van der Waals surface area contributed by atoms with E-state index in [2.05, 4.69) is 37.3 Å². The van der Waals surface area contributed by atoms with E-state index in [4.69, 9.17) is 0 Å². The van der Waals surface area contributed by atoms with Crippen molar-refractivity contribution in [2.24, 2.45) is 0 Å². The van der Waals surface area contributed by atoms with Crippen LogP contribution in [0.15, 0.2) is 54.6 Å². The number of aromatic nitrogens is 3. The molecule has 4 aromatic rings. The Morgan fingerprint density at radius 1 is 0.970 bits per heavy atom. The van der Waals surface area contributed by atoms with Gasteiger partial charge in [0.2, 0.25) is 0 Å². The number of halogens is 2. The molecule has 1 aliphatic heterocycles. The highest BCUT2D eigenvalue weighted by molar-refractivity contribution is 6.07. The van der Waals surface area contributed by atoms with Crippen LogP contribution in [0, 0.1) is 11.6 Å². The number of anilines is 2. The van der Waals surface area contributed by atoms with Gasteiger partial charge in [-0.05, 0) is 55.6 Å². The quantitative estimate of drug-likeness (QED) is 0.495. The van der Waals surface area contributed by atoms with Gasteiger partial charge in [0, 0.05) is 49.1 Å². The molecule has 0 saturated carbocycles. The first-order valence-electron chi connectivity index (χ1n) is 10.6. The fourth-order valence-electron chi connectivity index (χ4n) is 3.93. The summed E-state index contributed by atoms with van der Waals surface area (Å²) in [6, 6.07) is 14.1. The summed E-state index contributed by atoms with van der Waals surface area (Å²) in [5.74, 6) is -1.31. The van der Waals surface area contributed by atoms with Gasteiger partial charge in [0.25, 0.3) is 5.91 Å². The molecule has 3 heterocycles. The van der Waals surface area contributed by atoms with Crippen LogP contribution in [-0.4, -0.2) is 59.2 Å². The Hall–Kier alpha value is -3.85. The first-order valence-corrected chi connectivity index (χ1v) is 10.6. The number of piperazine rings is 1. The molecular formula is C24H22F2N6O. The molecule has 0 radical (unpaired) electrons. The predicted molar refractivity (Wildman–Crippen MR) is 123 cm³/mol. The molecule has 2 aromatic heterocycles. The summed E-state index contributed by atoms with van der Waals surface area (Å²) in [5, 5.41) is 10.3. The van der Waals surface area contributed by atoms with E-state index in [1.54, 1.807) is 24.3 Å². The number of pyridine rings is 1. The van der Waals surface area contributed by atoms with Crippen molar-refractivity contribution in [3.8, 4) is 11.3 Å². The third-order valence-electron chi connectivity index (χ3n) is 5.81. The van der Waals surface area contributed by atoms with Crippen LogP contribution in [0.2, 0.25) is 0 Å². The number of fused-ring (bicyclic) bond motifs is 1. The average Bonchev–Trinajstić information content (AvgIpc) is 3.21. The van der Waals surface area contributed by atoms with Crippen molar-refractivity contribution in [2.45, 2.75) is 0 Å². The van der Waals surface area contributed by atoms with Crippen LogP contribution in [-0.2, 0) is 0 Å². The monoisotopic (exact) mass is 448 g/mol. The molecule has 1 saturated heterocycles. The lowest BCUT2D eigenvalue weighted by Crippen LogP contribution is -2.44. The fourth-order valence-corrected chi connectivity index (χ4v) is 3.93. The molecule has 0 atom stereocenters. The molecule has 1 aliphatic rings. The van der Waals surface area contributed by atoms with E-state index in [0.717, 1.165) is 37.9 Å². The van der Waals surface area contributed by atoms with Gasteiger partial charge < -0.3 is 15.1 Å². The van der Waals surface area contributed by atoms with Crippen molar-refractivity contribution < 1.29 is 13.6 Å². The predicted octanol–water partition coefficient (Wildman–Crippen LogP) is 3.91. The van der Waals surface area contributed by atoms with Crippen molar-refractivity contribution >= 4 is 28.4 Å². The number of nitrogens with zero attached hydrogens (tertiary/aromatic N) is 4. The van der Waals surface area contributed by atoms with E-state index in [-0.39, 0.29) is 5.91 Å². The zero-order chi connectivity index (χ0) is 22.9. The number of H-pyrrole nitrogens is 1. The number of hydrogen-bond donors (Lipinski definition) is 2. The summed E-state index contributed by atoms with van der Waals surface area (Å²) in [6.07, 6.45) is 0. The average molecular weight is 448 g/mol. The van der Waals surface area contributed by atoms with Gasteiger partial charge in [-0.1, -0.05) is 0 Å². The van der Waals surface area contributed by atoms with Crippen molar-refractivity contribution in [2.75, 3.05) is 43.4 Å². The van der Waals surface area contributed by atoms with E-state index in [0.29, 0.717) is 33.7 Å². The van der Waals surface area contributed by atoms with Crippen molar-refractivity contribution in [1.29, 1.82) is 0 Å². The lowest BCUT2D eigenvalue weighted by molar-refractivity contribution is 0.102. The Labute approximate surface area is 189 Å². The fraction of sp³-hybridized carbons (Fsp3) is 0.208. The molecule has 2 N–H and O–H groups in total. The molecule has 1 amide bonds. The highest BCUT2D eigenvalue weighted by atomic mass is 19.1. The summed E-state index contributed by atoms with van der Waals surface area (Å²) < 4.78 is 27.1. The molecule has 0 aliphatic carbocycles. The molecule has 0 bridgehead atoms. The highest BCUT2D eigenvalue weighted by Crippen LogP contribution is 2.26. The summed E-state index contributed by atoms with van der Waals surface area (Å²) in [6.45, 7) is 3.94.